The van der Waals surface area contributed by atoms with Crippen LogP contribution in [0.2, 0.25) is 0 Å². The maximum absolute atomic E-state index is 10.3. The van der Waals surface area contributed by atoms with Crippen molar-refractivity contribution in [2.45, 2.75) is 31.4 Å². The van der Waals surface area contributed by atoms with E-state index in [1.165, 1.54) is 0 Å². The van der Waals surface area contributed by atoms with Gasteiger partial charge >= 0.3 is 5.97 Å². The van der Waals surface area contributed by atoms with Crippen LogP contribution in [0.1, 0.15) is 19.3 Å². The Morgan fingerprint density at radius 3 is 2.83 bits per heavy atom. The van der Waals surface area contributed by atoms with E-state index in [0.717, 1.165) is 6.42 Å². The van der Waals surface area contributed by atoms with Crippen LogP contribution in [0.3, 0.4) is 0 Å². The van der Waals surface area contributed by atoms with Gasteiger partial charge in [-0.15, -0.1) is 12.4 Å². The van der Waals surface area contributed by atoms with E-state index in [1.54, 1.807) is 0 Å². The minimum absolute atomic E-state index is 0. The monoisotopic (exact) mass is 195 g/mol. The molecule has 2 atom stereocenters. The second-order valence-corrected chi connectivity index (χ2v) is 2.88. The van der Waals surface area contributed by atoms with Gasteiger partial charge in [-0.2, -0.15) is 0 Å². The number of carbonyl (C=O) groups is 1. The molecule has 1 fully saturated rings. The van der Waals surface area contributed by atoms with E-state index in [1.807, 2.05) is 0 Å². The first kappa shape index (κ1) is 11.7. The summed E-state index contributed by atoms with van der Waals surface area (Å²) in [6.07, 6.45) is 1.42. The van der Waals surface area contributed by atoms with Crippen molar-refractivity contribution in [1.82, 2.24) is 0 Å². The van der Waals surface area contributed by atoms with Crippen LogP contribution in [0.5, 0.6) is 0 Å². The quantitative estimate of drug-likeness (QED) is 0.669. The molecule has 72 valence electrons. The van der Waals surface area contributed by atoms with E-state index < -0.39 is 5.97 Å². The third-order valence-electron chi connectivity index (χ3n) is 1.81. The van der Waals surface area contributed by atoms with E-state index in [2.05, 4.69) is 0 Å². The zero-order valence-electron chi connectivity index (χ0n) is 6.73. The summed E-state index contributed by atoms with van der Waals surface area (Å²) in [5.74, 6) is -0.816. The van der Waals surface area contributed by atoms with Gasteiger partial charge in [-0.25, -0.2) is 0 Å². The first-order valence-corrected chi connectivity index (χ1v) is 3.77. The van der Waals surface area contributed by atoms with Gasteiger partial charge in [0.25, 0.3) is 0 Å². The van der Waals surface area contributed by atoms with Gasteiger partial charge in [0.05, 0.1) is 12.5 Å². The van der Waals surface area contributed by atoms with Gasteiger partial charge in [-0.1, -0.05) is 0 Å². The first-order chi connectivity index (χ1) is 5.18. The third-order valence-corrected chi connectivity index (χ3v) is 1.81. The Morgan fingerprint density at radius 1 is 1.67 bits per heavy atom. The molecular weight excluding hydrogens is 182 g/mol. The highest BCUT2D eigenvalue weighted by Gasteiger charge is 2.21. The lowest BCUT2D eigenvalue weighted by molar-refractivity contribution is -0.141. The van der Waals surface area contributed by atoms with Gasteiger partial charge in [0.15, 0.2) is 0 Å². The van der Waals surface area contributed by atoms with Crippen LogP contribution in [0, 0.1) is 0 Å². The first-order valence-electron chi connectivity index (χ1n) is 3.77. The second-order valence-electron chi connectivity index (χ2n) is 2.88. The van der Waals surface area contributed by atoms with E-state index in [4.69, 9.17) is 15.6 Å². The molecule has 1 rings (SSSR count). The van der Waals surface area contributed by atoms with Crippen molar-refractivity contribution < 1.29 is 14.6 Å². The number of hydrogen-bond donors (Lipinski definition) is 2. The zero-order chi connectivity index (χ0) is 8.27. The maximum atomic E-state index is 10.3. The summed E-state index contributed by atoms with van der Waals surface area (Å²) in [7, 11) is 0. The van der Waals surface area contributed by atoms with Gasteiger partial charge in [-0.05, 0) is 12.8 Å². The lowest BCUT2D eigenvalue weighted by Gasteiger charge is -2.25. The fourth-order valence-electron chi connectivity index (χ4n) is 1.25. The third kappa shape index (κ3) is 3.90. The number of carboxylic acids is 1. The summed E-state index contributed by atoms with van der Waals surface area (Å²) in [6, 6.07) is 0.119. The maximum Gasteiger partial charge on any atom is 0.305 e. The smallest absolute Gasteiger partial charge is 0.305 e. The van der Waals surface area contributed by atoms with E-state index >= 15 is 0 Å². The highest BCUT2D eigenvalue weighted by atomic mass is 35.5. The molecule has 1 aliphatic heterocycles. The molecular formula is C7H14ClNO3. The fourth-order valence-corrected chi connectivity index (χ4v) is 1.25. The highest BCUT2D eigenvalue weighted by molar-refractivity contribution is 5.85. The summed E-state index contributed by atoms with van der Waals surface area (Å²) in [5, 5.41) is 8.43. The molecule has 5 heteroatoms. The Balaban J connectivity index is 0.00000121. The molecule has 0 aromatic heterocycles. The summed E-state index contributed by atoms with van der Waals surface area (Å²) in [4.78, 5) is 10.3. The zero-order valence-corrected chi connectivity index (χ0v) is 7.55. The molecule has 1 aliphatic rings. The van der Waals surface area contributed by atoms with E-state index in [-0.39, 0.29) is 31.0 Å². The number of ether oxygens (including phenoxy) is 1. The number of halogens is 1. The number of carboxylic acid groups (broad SMARTS) is 1. The van der Waals surface area contributed by atoms with E-state index in [0.29, 0.717) is 13.0 Å². The van der Waals surface area contributed by atoms with Gasteiger partial charge in [0.1, 0.15) is 0 Å². The Hall–Kier alpha value is -0.320. The molecule has 12 heavy (non-hydrogen) atoms. The molecule has 0 aliphatic carbocycles. The van der Waals surface area contributed by atoms with Crippen LogP contribution in [-0.2, 0) is 9.53 Å². The molecule has 0 saturated carbocycles. The summed E-state index contributed by atoms with van der Waals surface area (Å²) in [6.45, 7) is 0.596. The van der Waals surface area contributed by atoms with Crippen LogP contribution in [-0.4, -0.2) is 29.8 Å². The molecule has 2 unspecified atom stereocenters. The molecule has 1 saturated heterocycles. The highest BCUT2D eigenvalue weighted by Crippen LogP contribution is 2.14. The summed E-state index contributed by atoms with van der Waals surface area (Å²) in [5.41, 5.74) is 5.63. The van der Waals surface area contributed by atoms with E-state index in [9.17, 15) is 4.79 Å². The van der Waals surface area contributed by atoms with Crippen LogP contribution >= 0.6 is 12.4 Å². The lowest BCUT2D eigenvalue weighted by Crippen LogP contribution is -2.35. The van der Waals surface area contributed by atoms with Crippen LogP contribution in [0.4, 0.5) is 0 Å². The molecule has 1 heterocycles. The molecule has 0 aromatic carbocycles. The number of hydrogen-bond acceptors (Lipinski definition) is 3. The summed E-state index contributed by atoms with van der Waals surface area (Å²) < 4.78 is 5.20. The molecule has 0 spiro atoms. The predicted octanol–water partition coefficient (Wildman–Crippen LogP) is 0.389. The topological polar surface area (TPSA) is 72.5 Å². The van der Waals surface area contributed by atoms with Crippen molar-refractivity contribution in [3.8, 4) is 0 Å². The number of nitrogens with two attached hydrogens (primary N) is 1. The van der Waals surface area contributed by atoms with Crippen LogP contribution in [0.15, 0.2) is 0 Å². The van der Waals surface area contributed by atoms with Crippen LogP contribution < -0.4 is 5.73 Å². The van der Waals surface area contributed by atoms with Crippen molar-refractivity contribution >= 4 is 18.4 Å². The van der Waals surface area contributed by atoms with Gasteiger partial charge in [-0.3, -0.25) is 4.79 Å². The second kappa shape index (κ2) is 5.35. The average molecular weight is 196 g/mol. The number of rotatable bonds is 2. The minimum Gasteiger partial charge on any atom is -0.481 e. The largest absolute Gasteiger partial charge is 0.481 e. The Bertz CT molecular complexity index is 154. The molecule has 4 nitrogen and oxygen atoms in total. The van der Waals surface area contributed by atoms with Crippen molar-refractivity contribution in [2.75, 3.05) is 6.61 Å². The molecule has 0 aromatic rings. The van der Waals surface area contributed by atoms with Gasteiger partial charge in [0.2, 0.25) is 0 Å². The summed E-state index contributed by atoms with van der Waals surface area (Å²) >= 11 is 0. The fraction of sp³-hybridized carbons (Fsp3) is 0.857. The van der Waals surface area contributed by atoms with Crippen LogP contribution in [0.25, 0.3) is 0 Å². The molecule has 3 N–H and O–H groups in total. The Kier molecular flexibility index (Phi) is 5.20. The molecule has 0 radical (unpaired) electrons. The molecule has 0 bridgehead atoms. The van der Waals surface area contributed by atoms with Crippen molar-refractivity contribution in [3.05, 3.63) is 0 Å². The average Bonchev–Trinajstić information content (AvgIpc) is 1.85. The lowest BCUT2D eigenvalue weighted by atomic mass is 10.0. The SMILES string of the molecule is Cl.NC1CCOC(CC(=O)O)C1. The van der Waals surface area contributed by atoms with Crippen molar-refractivity contribution in [1.29, 1.82) is 0 Å². The normalized spacial score (nSPS) is 29.1. The predicted molar refractivity (Wildman–Crippen MR) is 46.5 cm³/mol. The number of aliphatic carboxylic acids is 1. The standard InChI is InChI=1S/C7H13NO3.ClH/c8-5-1-2-11-6(3-5)4-7(9)10;/h5-6H,1-4,8H2,(H,9,10);1H. The van der Waals surface area contributed by atoms with Crippen molar-refractivity contribution in [3.63, 3.8) is 0 Å². The van der Waals surface area contributed by atoms with Crippen molar-refractivity contribution in [2.24, 2.45) is 5.73 Å². The minimum atomic E-state index is -0.816. The Labute approximate surface area is 77.5 Å². The molecule has 0 amide bonds. The Morgan fingerprint density at radius 2 is 2.33 bits per heavy atom. The van der Waals surface area contributed by atoms with Gasteiger partial charge < -0.3 is 15.6 Å². The van der Waals surface area contributed by atoms with Gasteiger partial charge in [0, 0.05) is 12.6 Å².